The van der Waals surface area contributed by atoms with E-state index >= 15 is 0 Å². The molecule has 1 aromatic rings. The van der Waals surface area contributed by atoms with Crippen LogP contribution < -0.4 is 5.32 Å². The molecule has 0 saturated heterocycles. The van der Waals surface area contributed by atoms with Gasteiger partial charge in [0.1, 0.15) is 0 Å². The van der Waals surface area contributed by atoms with E-state index in [0.29, 0.717) is 0 Å². The highest BCUT2D eigenvalue weighted by atomic mass is 35.5. The predicted octanol–water partition coefficient (Wildman–Crippen LogP) is 3.31. The summed E-state index contributed by atoms with van der Waals surface area (Å²) in [7, 11) is 0. The summed E-state index contributed by atoms with van der Waals surface area (Å²) in [6, 6.07) is 8.58. The molecule has 104 valence electrons. The molecule has 1 aliphatic carbocycles. The Hall–Kier alpha value is -1.02. The molecule has 0 bridgehead atoms. The summed E-state index contributed by atoms with van der Waals surface area (Å²) in [4.78, 5) is 12.2. The number of hydrogen-bond donors (Lipinski definition) is 1. The lowest BCUT2D eigenvalue weighted by Crippen LogP contribution is -2.40. The molecule has 0 aromatic heterocycles. The van der Waals surface area contributed by atoms with Gasteiger partial charge in [-0.15, -0.1) is 11.6 Å². The quantitative estimate of drug-likeness (QED) is 0.842. The molecule has 0 heterocycles. The largest absolute Gasteiger partial charge is 0.353 e. The third-order valence-electron chi connectivity index (χ3n) is 3.78. The van der Waals surface area contributed by atoms with Crippen LogP contribution in [0.15, 0.2) is 24.3 Å². The topological polar surface area (TPSA) is 29.1 Å². The number of aryl methyl sites for hydroxylation is 1. The second-order valence-electron chi connectivity index (χ2n) is 5.63. The smallest absolute Gasteiger partial charge is 0.223 e. The Morgan fingerprint density at radius 1 is 1.37 bits per heavy atom. The molecule has 0 radical (unpaired) electrons. The lowest BCUT2D eigenvalue weighted by molar-refractivity contribution is -0.126. The number of benzene rings is 1. The number of alkyl halides is 1. The fourth-order valence-electron chi connectivity index (χ4n) is 2.83. The Morgan fingerprint density at radius 3 is 2.74 bits per heavy atom. The van der Waals surface area contributed by atoms with Crippen LogP contribution in [0.4, 0.5) is 0 Å². The predicted molar refractivity (Wildman–Crippen MR) is 79.5 cm³/mol. The Bertz CT molecular complexity index is 444. The molecule has 3 heteroatoms. The van der Waals surface area contributed by atoms with E-state index in [4.69, 9.17) is 11.6 Å². The first-order chi connectivity index (χ1) is 9.06. The minimum absolute atomic E-state index is 0.0994. The van der Waals surface area contributed by atoms with Gasteiger partial charge < -0.3 is 5.32 Å². The van der Waals surface area contributed by atoms with Gasteiger partial charge in [0.15, 0.2) is 0 Å². The first kappa shape index (κ1) is 14.4. The molecule has 0 aliphatic heterocycles. The van der Waals surface area contributed by atoms with E-state index < -0.39 is 0 Å². The van der Waals surface area contributed by atoms with Crippen LogP contribution in [-0.4, -0.2) is 17.3 Å². The Labute approximate surface area is 120 Å². The molecule has 1 N–H and O–H groups in total. The van der Waals surface area contributed by atoms with Crippen LogP contribution in [0.2, 0.25) is 0 Å². The maximum absolute atomic E-state index is 12.2. The van der Waals surface area contributed by atoms with Crippen LogP contribution in [0.3, 0.4) is 0 Å². The van der Waals surface area contributed by atoms with Crippen molar-refractivity contribution in [3.05, 3.63) is 35.4 Å². The van der Waals surface area contributed by atoms with Gasteiger partial charge in [0, 0.05) is 17.3 Å². The van der Waals surface area contributed by atoms with E-state index in [0.717, 1.165) is 25.7 Å². The van der Waals surface area contributed by atoms with Crippen LogP contribution in [-0.2, 0) is 17.6 Å². The lowest BCUT2D eigenvalue weighted by atomic mass is 9.83. The van der Waals surface area contributed by atoms with Crippen molar-refractivity contribution in [3.8, 4) is 0 Å². The molecule has 0 saturated carbocycles. The van der Waals surface area contributed by atoms with E-state index in [2.05, 4.69) is 29.6 Å². The van der Waals surface area contributed by atoms with Gasteiger partial charge in [-0.2, -0.15) is 0 Å². The summed E-state index contributed by atoms with van der Waals surface area (Å²) in [6.07, 6.45) is 3.64. The summed E-state index contributed by atoms with van der Waals surface area (Å²) in [6.45, 7) is 3.98. The maximum Gasteiger partial charge on any atom is 0.223 e. The average Bonchev–Trinajstić information content (AvgIpc) is 2.37. The SMILES string of the molecule is CC(Cl)CC(C)NC(=O)C1CCc2ccccc2C1. The molecule has 0 fully saturated rings. The van der Waals surface area contributed by atoms with Gasteiger partial charge in [0.25, 0.3) is 0 Å². The van der Waals surface area contributed by atoms with Crippen molar-refractivity contribution in [1.29, 1.82) is 0 Å². The van der Waals surface area contributed by atoms with Crippen LogP contribution in [0, 0.1) is 5.92 Å². The number of rotatable bonds is 4. The first-order valence-electron chi connectivity index (χ1n) is 7.07. The molecular formula is C16H22ClNO. The highest BCUT2D eigenvalue weighted by Crippen LogP contribution is 2.25. The van der Waals surface area contributed by atoms with Crippen LogP contribution in [0.1, 0.15) is 37.8 Å². The van der Waals surface area contributed by atoms with Crippen molar-refractivity contribution in [2.24, 2.45) is 5.92 Å². The molecular weight excluding hydrogens is 258 g/mol. The third kappa shape index (κ3) is 3.97. The van der Waals surface area contributed by atoms with Gasteiger partial charge in [-0.25, -0.2) is 0 Å². The van der Waals surface area contributed by atoms with Gasteiger partial charge in [0.2, 0.25) is 5.91 Å². The number of fused-ring (bicyclic) bond motifs is 1. The lowest BCUT2D eigenvalue weighted by Gasteiger charge is -2.25. The number of carbonyl (C=O) groups excluding carboxylic acids is 1. The van der Waals surface area contributed by atoms with Crippen molar-refractivity contribution < 1.29 is 4.79 Å². The van der Waals surface area contributed by atoms with Crippen molar-refractivity contribution in [2.45, 2.75) is 50.9 Å². The fourth-order valence-corrected chi connectivity index (χ4v) is 3.10. The molecule has 19 heavy (non-hydrogen) atoms. The molecule has 0 spiro atoms. The number of amides is 1. The summed E-state index contributed by atoms with van der Waals surface area (Å²) in [5.74, 6) is 0.294. The number of nitrogens with one attached hydrogen (secondary N) is 1. The Balaban J connectivity index is 1.92. The zero-order valence-electron chi connectivity index (χ0n) is 11.7. The van der Waals surface area contributed by atoms with Gasteiger partial charge in [-0.3, -0.25) is 4.79 Å². The van der Waals surface area contributed by atoms with E-state index in [-0.39, 0.29) is 23.2 Å². The van der Waals surface area contributed by atoms with Crippen LogP contribution in [0.5, 0.6) is 0 Å². The fraction of sp³-hybridized carbons (Fsp3) is 0.562. The molecule has 1 aromatic carbocycles. The van der Waals surface area contributed by atoms with Crippen LogP contribution >= 0.6 is 11.6 Å². The molecule has 1 aliphatic rings. The Kier molecular flexibility index (Phi) is 4.87. The molecule has 3 atom stereocenters. The number of halogens is 1. The molecule has 2 nitrogen and oxygen atoms in total. The summed E-state index contributed by atoms with van der Waals surface area (Å²) in [5.41, 5.74) is 2.72. The number of carbonyl (C=O) groups is 1. The maximum atomic E-state index is 12.2. The summed E-state index contributed by atoms with van der Waals surface area (Å²) >= 11 is 5.96. The minimum atomic E-state index is 0.0994. The second kappa shape index (κ2) is 6.42. The van der Waals surface area contributed by atoms with Crippen molar-refractivity contribution in [1.82, 2.24) is 5.32 Å². The Morgan fingerprint density at radius 2 is 2.05 bits per heavy atom. The average molecular weight is 280 g/mol. The van der Waals surface area contributed by atoms with Crippen molar-refractivity contribution >= 4 is 17.5 Å². The third-order valence-corrected chi connectivity index (χ3v) is 3.96. The van der Waals surface area contributed by atoms with Gasteiger partial charge in [0.05, 0.1) is 0 Å². The van der Waals surface area contributed by atoms with Gasteiger partial charge in [-0.05, 0) is 50.7 Å². The zero-order valence-corrected chi connectivity index (χ0v) is 12.4. The summed E-state index contributed by atoms with van der Waals surface area (Å²) in [5, 5.41) is 3.19. The first-order valence-corrected chi connectivity index (χ1v) is 7.51. The van der Waals surface area contributed by atoms with E-state index in [1.807, 2.05) is 13.8 Å². The minimum Gasteiger partial charge on any atom is -0.353 e. The highest BCUT2D eigenvalue weighted by Gasteiger charge is 2.25. The van der Waals surface area contributed by atoms with Gasteiger partial charge in [-0.1, -0.05) is 24.3 Å². The van der Waals surface area contributed by atoms with E-state index in [1.54, 1.807) is 0 Å². The molecule has 3 unspecified atom stereocenters. The van der Waals surface area contributed by atoms with Crippen molar-refractivity contribution in [3.63, 3.8) is 0 Å². The van der Waals surface area contributed by atoms with E-state index in [1.165, 1.54) is 11.1 Å². The standard InChI is InChI=1S/C16H22ClNO/c1-11(17)9-12(2)18-16(19)15-8-7-13-5-3-4-6-14(13)10-15/h3-6,11-12,15H,7-10H2,1-2H3,(H,18,19). The number of hydrogen-bond acceptors (Lipinski definition) is 1. The van der Waals surface area contributed by atoms with Gasteiger partial charge >= 0.3 is 0 Å². The van der Waals surface area contributed by atoms with E-state index in [9.17, 15) is 4.79 Å². The van der Waals surface area contributed by atoms with Crippen molar-refractivity contribution in [2.75, 3.05) is 0 Å². The monoisotopic (exact) mass is 279 g/mol. The summed E-state index contributed by atoms with van der Waals surface area (Å²) < 4.78 is 0. The second-order valence-corrected chi connectivity index (χ2v) is 6.38. The normalized spacial score (nSPS) is 21.3. The zero-order chi connectivity index (χ0) is 13.8. The molecule has 2 rings (SSSR count). The highest BCUT2D eigenvalue weighted by molar-refractivity contribution is 6.20. The molecule has 1 amide bonds. The van der Waals surface area contributed by atoms with Crippen LogP contribution in [0.25, 0.3) is 0 Å².